The van der Waals surface area contributed by atoms with Crippen molar-refractivity contribution in [3.8, 4) is 0 Å². The van der Waals surface area contributed by atoms with Crippen LogP contribution in [0.5, 0.6) is 0 Å². The summed E-state index contributed by atoms with van der Waals surface area (Å²) in [4.78, 5) is 36.8. The molecule has 142 valence electrons. The maximum atomic E-state index is 13.7. The number of hydrogen-bond donors (Lipinski definition) is 2. The van der Waals surface area contributed by atoms with Crippen LogP contribution in [-0.2, 0) is 11.3 Å². The highest BCUT2D eigenvalue weighted by molar-refractivity contribution is 6.10. The summed E-state index contributed by atoms with van der Waals surface area (Å²) in [6, 6.07) is 5.67. The van der Waals surface area contributed by atoms with E-state index in [4.69, 9.17) is 4.42 Å². The first-order valence-electron chi connectivity index (χ1n) is 7.46. The molecule has 2 N–H and O–H groups in total. The molecule has 0 radical (unpaired) electrons. The summed E-state index contributed by atoms with van der Waals surface area (Å²) >= 11 is 0. The van der Waals surface area contributed by atoms with Crippen LogP contribution in [-0.4, -0.2) is 34.6 Å². The van der Waals surface area contributed by atoms with Crippen molar-refractivity contribution in [2.24, 2.45) is 0 Å². The van der Waals surface area contributed by atoms with Crippen LogP contribution in [0.1, 0.15) is 16.1 Å². The molecule has 7 nitrogen and oxygen atoms in total. The van der Waals surface area contributed by atoms with Crippen LogP contribution in [0.15, 0.2) is 47.1 Å². The maximum absolute atomic E-state index is 13.7. The molecule has 0 spiro atoms. The Morgan fingerprint density at radius 3 is 2.48 bits per heavy atom. The molecule has 1 atom stereocenters. The van der Waals surface area contributed by atoms with Crippen molar-refractivity contribution in [1.82, 2.24) is 15.5 Å². The number of benzene rings is 1. The number of hydrogen-bond acceptors (Lipinski definition) is 4. The van der Waals surface area contributed by atoms with E-state index in [0.29, 0.717) is 0 Å². The molecule has 2 aromatic rings. The zero-order chi connectivity index (χ0) is 19.8. The van der Waals surface area contributed by atoms with Crippen LogP contribution >= 0.6 is 0 Å². The van der Waals surface area contributed by atoms with Crippen LogP contribution in [0.3, 0.4) is 0 Å². The molecule has 3 rings (SSSR count). The lowest BCUT2D eigenvalue weighted by molar-refractivity contribution is -0.200. The molecule has 1 fully saturated rings. The summed E-state index contributed by atoms with van der Waals surface area (Å²) in [6.07, 6.45) is -4.18. The highest BCUT2D eigenvalue weighted by Crippen LogP contribution is 2.34. The van der Waals surface area contributed by atoms with Crippen LogP contribution in [0.25, 0.3) is 0 Å². The number of urea groups is 1. The van der Waals surface area contributed by atoms with Gasteiger partial charge in [-0.25, -0.2) is 9.18 Å². The van der Waals surface area contributed by atoms with Gasteiger partial charge >= 0.3 is 12.2 Å². The summed E-state index contributed by atoms with van der Waals surface area (Å²) in [7, 11) is 0. The first-order valence-corrected chi connectivity index (χ1v) is 7.46. The first-order chi connectivity index (χ1) is 12.7. The van der Waals surface area contributed by atoms with Crippen molar-refractivity contribution < 1.29 is 36.4 Å². The largest absolute Gasteiger partial charge is 0.467 e. The van der Waals surface area contributed by atoms with Gasteiger partial charge in [0.25, 0.3) is 17.5 Å². The van der Waals surface area contributed by atoms with Gasteiger partial charge in [0.05, 0.1) is 18.4 Å². The summed E-state index contributed by atoms with van der Waals surface area (Å²) in [5.41, 5.74) is -4.44. The molecule has 11 heteroatoms. The lowest BCUT2D eigenvalue weighted by Crippen LogP contribution is -2.69. The van der Waals surface area contributed by atoms with E-state index in [0.717, 1.165) is 12.1 Å². The molecule has 1 aromatic heterocycles. The molecule has 0 bridgehead atoms. The first kappa shape index (κ1) is 18.4. The predicted molar refractivity (Wildman–Crippen MR) is 80.4 cm³/mol. The number of amides is 4. The Kier molecular flexibility index (Phi) is 4.38. The number of nitrogens with one attached hydrogen (secondary N) is 2. The minimum atomic E-state index is -5.39. The molecule has 1 aliphatic rings. The third-order valence-electron chi connectivity index (χ3n) is 3.84. The second-order valence-electron chi connectivity index (χ2n) is 5.58. The van der Waals surface area contributed by atoms with Crippen LogP contribution in [0, 0.1) is 5.82 Å². The Morgan fingerprint density at radius 2 is 1.89 bits per heavy atom. The highest BCUT2D eigenvalue weighted by atomic mass is 19.4. The van der Waals surface area contributed by atoms with Gasteiger partial charge in [0.2, 0.25) is 0 Å². The van der Waals surface area contributed by atoms with Gasteiger partial charge in [-0.1, -0.05) is 12.1 Å². The minimum Gasteiger partial charge on any atom is -0.467 e. The maximum Gasteiger partial charge on any atom is 0.440 e. The number of nitrogens with zero attached hydrogens (tertiary/aromatic N) is 1. The standard InChI is InChI=1S/C16H11F4N3O4/c17-11-6-2-1-5-10(11)12(24)21-15(16(18,19)20)13(25)23(14(26)22-15)8-9-4-3-7-27-9/h1-7H,8H2,(H,21,24)(H,22,26). The van der Waals surface area contributed by atoms with Crippen molar-refractivity contribution in [2.75, 3.05) is 0 Å². The lowest BCUT2D eigenvalue weighted by Gasteiger charge is -2.29. The number of furan rings is 1. The number of rotatable bonds is 4. The van der Waals surface area contributed by atoms with Crippen molar-refractivity contribution in [3.63, 3.8) is 0 Å². The highest BCUT2D eigenvalue weighted by Gasteiger charge is 2.69. The predicted octanol–water partition coefficient (Wildman–Crippen LogP) is 2.16. The fourth-order valence-corrected chi connectivity index (χ4v) is 2.51. The fraction of sp³-hybridized carbons (Fsp3) is 0.188. The number of carbonyl (C=O) groups excluding carboxylic acids is 3. The van der Waals surface area contributed by atoms with Crippen LogP contribution < -0.4 is 10.6 Å². The van der Waals surface area contributed by atoms with E-state index in [1.807, 2.05) is 0 Å². The van der Waals surface area contributed by atoms with Crippen molar-refractivity contribution in [3.05, 3.63) is 59.8 Å². The molecular weight excluding hydrogens is 374 g/mol. The second kappa shape index (κ2) is 6.41. The Hall–Kier alpha value is -3.37. The van der Waals surface area contributed by atoms with Crippen molar-refractivity contribution >= 4 is 17.8 Å². The summed E-state index contributed by atoms with van der Waals surface area (Å²) in [5, 5.41) is 2.88. The Morgan fingerprint density at radius 1 is 1.19 bits per heavy atom. The summed E-state index contributed by atoms with van der Waals surface area (Å²) in [5.74, 6) is -4.31. The number of halogens is 4. The molecular formula is C16H11F4N3O4. The Balaban J connectivity index is 1.94. The summed E-state index contributed by atoms with van der Waals surface area (Å²) in [6.45, 7) is -0.578. The summed E-state index contributed by atoms with van der Waals surface area (Å²) < 4.78 is 59.6. The molecule has 0 saturated carbocycles. The SMILES string of the molecule is O=C(NC1(C(F)(F)F)NC(=O)N(Cc2ccco2)C1=O)c1ccccc1F. The molecule has 27 heavy (non-hydrogen) atoms. The van der Waals surface area contributed by atoms with Gasteiger partial charge < -0.3 is 9.73 Å². The van der Waals surface area contributed by atoms with Crippen molar-refractivity contribution in [2.45, 2.75) is 18.4 Å². The Labute approximate surface area is 148 Å². The normalized spacial score (nSPS) is 19.9. The molecule has 2 heterocycles. The minimum absolute atomic E-state index is 0.0527. The second-order valence-corrected chi connectivity index (χ2v) is 5.58. The van der Waals surface area contributed by atoms with Gasteiger partial charge in [-0.05, 0) is 24.3 Å². The van der Waals surface area contributed by atoms with Gasteiger partial charge in [0.15, 0.2) is 0 Å². The van der Waals surface area contributed by atoms with E-state index < -0.39 is 47.6 Å². The van der Waals surface area contributed by atoms with E-state index >= 15 is 0 Å². The molecule has 1 unspecified atom stereocenters. The number of imide groups is 1. The third kappa shape index (κ3) is 3.11. The fourth-order valence-electron chi connectivity index (χ4n) is 2.51. The van der Waals surface area contributed by atoms with E-state index in [2.05, 4.69) is 0 Å². The molecule has 1 saturated heterocycles. The van der Waals surface area contributed by atoms with E-state index in [1.54, 1.807) is 0 Å². The topological polar surface area (TPSA) is 91.7 Å². The monoisotopic (exact) mass is 385 g/mol. The quantitative estimate of drug-likeness (QED) is 0.623. The molecule has 0 aliphatic carbocycles. The zero-order valence-electron chi connectivity index (χ0n) is 13.3. The van der Waals surface area contributed by atoms with E-state index in [-0.39, 0.29) is 10.7 Å². The zero-order valence-corrected chi connectivity index (χ0v) is 13.3. The Bertz CT molecular complexity index is 897. The smallest absolute Gasteiger partial charge is 0.440 e. The van der Waals surface area contributed by atoms with Gasteiger partial charge in [-0.2, -0.15) is 13.2 Å². The average molecular weight is 385 g/mol. The molecule has 1 aliphatic heterocycles. The van der Waals surface area contributed by atoms with E-state index in [1.165, 1.54) is 41.2 Å². The third-order valence-corrected chi connectivity index (χ3v) is 3.84. The van der Waals surface area contributed by atoms with Gasteiger partial charge in [0.1, 0.15) is 11.6 Å². The van der Waals surface area contributed by atoms with Crippen LogP contribution in [0.2, 0.25) is 0 Å². The number of alkyl halides is 3. The van der Waals surface area contributed by atoms with Gasteiger partial charge in [-0.3, -0.25) is 19.8 Å². The van der Waals surface area contributed by atoms with Crippen molar-refractivity contribution in [1.29, 1.82) is 0 Å². The molecule has 4 amide bonds. The van der Waals surface area contributed by atoms with Gasteiger partial charge in [-0.15, -0.1) is 0 Å². The number of carbonyl (C=O) groups is 3. The van der Waals surface area contributed by atoms with Gasteiger partial charge in [0, 0.05) is 0 Å². The van der Waals surface area contributed by atoms with E-state index in [9.17, 15) is 31.9 Å². The van der Waals surface area contributed by atoms with Crippen LogP contribution in [0.4, 0.5) is 22.4 Å². The lowest BCUT2D eigenvalue weighted by atomic mass is 10.1. The average Bonchev–Trinajstić information content (AvgIpc) is 3.18. The molecule has 1 aromatic carbocycles.